The van der Waals surface area contributed by atoms with Gasteiger partial charge in [0.2, 0.25) is 0 Å². The standard InChI is InChI=1S/C27H32FN3O5/c1-17-7-8-31-22(15-19-16-30(9-10-33-19)26(32)36-27(2,3)4)24(29-23(31)13-17)20-6-5-18(14-21(20)28)25-34-11-12-35-25/h5-8,13-14,19,25H,9-12,15-16H2,1-4H3/t19-/m1/s1. The summed E-state index contributed by atoms with van der Waals surface area (Å²) in [5.74, 6) is -0.395. The number of morpholine rings is 1. The van der Waals surface area contributed by atoms with E-state index in [4.69, 9.17) is 23.9 Å². The number of ether oxygens (including phenoxy) is 4. The molecule has 8 nitrogen and oxygen atoms in total. The Hall–Kier alpha value is -3.01. The average Bonchev–Trinajstić information content (AvgIpc) is 3.47. The first kappa shape index (κ1) is 24.7. The van der Waals surface area contributed by atoms with Crippen molar-refractivity contribution in [1.29, 1.82) is 0 Å². The average molecular weight is 498 g/mol. The Morgan fingerprint density at radius 3 is 2.64 bits per heavy atom. The first-order valence-corrected chi connectivity index (χ1v) is 12.3. The van der Waals surface area contributed by atoms with Gasteiger partial charge < -0.3 is 28.2 Å². The lowest BCUT2D eigenvalue weighted by Gasteiger charge is -2.34. The Kier molecular flexibility index (Phi) is 6.72. The van der Waals surface area contributed by atoms with Crippen LogP contribution < -0.4 is 0 Å². The second-order valence-electron chi connectivity index (χ2n) is 10.3. The molecule has 0 unspecified atom stereocenters. The Bertz CT molecular complexity index is 1260. The van der Waals surface area contributed by atoms with Crippen LogP contribution in [0.3, 0.4) is 0 Å². The molecule has 2 fully saturated rings. The lowest BCUT2D eigenvalue weighted by molar-refractivity contribution is -0.0443. The zero-order chi connectivity index (χ0) is 25.4. The van der Waals surface area contributed by atoms with Gasteiger partial charge in [-0.05, 0) is 57.5 Å². The highest BCUT2D eigenvalue weighted by atomic mass is 19.1. The number of fused-ring (bicyclic) bond motifs is 1. The summed E-state index contributed by atoms with van der Waals surface area (Å²) < 4.78 is 40.0. The fraction of sp³-hybridized carbons (Fsp3) is 0.481. The number of benzene rings is 1. The van der Waals surface area contributed by atoms with Crippen LogP contribution in [0.2, 0.25) is 0 Å². The SMILES string of the molecule is Cc1ccn2c(C[C@@H]3CN(C(=O)OC(C)(C)C)CCO3)c(-c3ccc(C4OCCO4)cc3F)nc2c1. The molecule has 1 aromatic carbocycles. The Morgan fingerprint density at radius 1 is 1.14 bits per heavy atom. The van der Waals surface area contributed by atoms with Crippen molar-refractivity contribution < 1.29 is 28.1 Å². The molecule has 0 N–H and O–H groups in total. The van der Waals surface area contributed by atoms with Gasteiger partial charge in [0, 0.05) is 30.3 Å². The fourth-order valence-electron chi connectivity index (χ4n) is 4.58. The number of pyridine rings is 1. The number of carbonyl (C=O) groups is 1. The lowest BCUT2D eigenvalue weighted by atomic mass is 10.0. The van der Waals surface area contributed by atoms with E-state index in [1.807, 2.05) is 56.5 Å². The van der Waals surface area contributed by atoms with Gasteiger partial charge >= 0.3 is 6.09 Å². The smallest absolute Gasteiger partial charge is 0.410 e. The molecule has 2 aliphatic rings. The normalized spacial score (nSPS) is 19.2. The minimum Gasteiger partial charge on any atom is -0.444 e. The van der Waals surface area contributed by atoms with E-state index in [0.29, 0.717) is 56.2 Å². The summed E-state index contributed by atoms with van der Waals surface area (Å²) >= 11 is 0. The van der Waals surface area contributed by atoms with E-state index in [-0.39, 0.29) is 12.2 Å². The maximum absolute atomic E-state index is 15.4. The second-order valence-corrected chi connectivity index (χ2v) is 10.3. The number of aryl methyl sites for hydroxylation is 1. The summed E-state index contributed by atoms with van der Waals surface area (Å²) in [6, 6.07) is 8.95. The lowest BCUT2D eigenvalue weighted by Crippen LogP contribution is -2.48. The highest BCUT2D eigenvalue weighted by Crippen LogP contribution is 2.32. The van der Waals surface area contributed by atoms with Gasteiger partial charge in [0.1, 0.15) is 17.1 Å². The molecule has 0 spiro atoms. The largest absolute Gasteiger partial charge is 0.444 e. The third-order valence-electron chi connectivity index (χ3n) is 6.23. The molecular formula is C27H32FN3O5. The number of hydrogen-bond acceptors (Lipinski definition) is 6. The molecule has 4 heterocycles. The molecule has 0 radical (unpaired) electrons. The molecule has 0 saturated carbocycles. The van der Waals surface area contributed by atoms with Crippen LogP contribution in [0.5, 0.6) is 0 Å². The molecule has 5 rings (SSSR count). The van der Waals surface area contributed by atoms with Crippen LogP contribution in [0.4, 0.5) is 9.18 Å². The van der Waals surface area contributed by atoms with Crippen LogP contribution in [0, 0.1) is 12.7 Å². The molecule has 1 atom stereocenters. The van der Waals surface area contributed by atoms with Crippen molar-refractivity contribution in [3.05, 3.63) is 59.2 Å². The van der Waals surface area contributed by atoms with Gasteiger partial charge in [0.05, 0.1) is 43.9 Å². The summed E-state index contributed by atoms with van der Waals surface area (Å²) in [6.07, 6.45) is 1.20. The minimum absolute atomic E-state index is 0.283. The van der Waals surface area contributed by atoms with E-state index in [1.165, 1.54) is 6.07 Å². The number of carbonyl (C=O) groups excluding carboxylic acids is 1. The minimum atomic E-state index is -0.574. The van der Waals surface area contributed by atoms with Gasteiger partial charge in [-0.2, -0.15) is 0 Å². The highest BCUT2D eigenvalue weighted by Gasteiger charge is 2.30. The van der Waals surface area contributed by atoms with Crippen LogP contribution in [0.25, 0.3) is 16.9 Å². The first-order valence-electron chi connectivity index (χ1n) is 12.3. The van der Waals surface area contributed by atoms with Crippen molar-refractivity contribution in [1.82, 2.24) is 14.3 Å². The molecular weight excluding hydrogens is 465 g/mol. The summed E-state index contributed by atoms with van der Waals surface area (Å²) in [7, 11) is 0. The van der Waals surface area contributed by atoms with Crippen molar-refractivity contribution in [3.8, 4) is 11.3 Å². The number of aromatic nitrogens is 2. The predicted molar refractivity (Wildman–Crippen MR) is 131 cm³/mol. The molecule has 3 aromatic rings. The molecule has 1 amide bonds. The maximum Gasteiger partial charge on any atom is 0.410 e. The molecule has 36 heavy (non-hydrogen) atoms. The third-order valence-corrected chi connectivity index (χ3v) is 6.23. The van der Waals surface area contributed by atoms with Crippen molar-refractivity contribution >= 4 is 11.7 Å². The van der Waals surface area contributed by atoms with Gasteiger partial charge in [-0.25, -0.2) is 14.2 Å². The van der Waals surface area contributed by atoms with Crippen molar-refractivity contribution in [2.75, 3.05) is 32.9 Å². The topological polar surface area (TPSA) is 74.5 Å². The quantitative estimate of drug-likeness (QED) is 0.522. The number of rotatable bonds is 4. The third kappa shape index (κ3) is 5.23. The van der Waals surface area contributed by atoms with E-state index < -0.39 is 17.7 Å². The summed E-state index contributed by atoms with van der Waals surface area (Å²) in [5.41, 5.74) is 3.62. The number of imidazole rings is 1. The Balaban J connectivity index is 1.46. The van der Waals surface area contributed by atoms with Crippen molar-refractivity contribution in [2.45, 2.75) is 52.1 Å². The second kappa shape index (κ2) is 9.80. The fourth-order valence-corrected chi connectivity index (χ4v) is 4.58. The molecule has 2 aliphatic heterocycles. The van der Waals surface area contributed by atoms with Gasteiger partial charge in [-0.1, -0.05) is 6.07 Å². The summed E-state index contributed by atoms with van der Waals surface area (Å²) in [6.45, 7) is 9.77. The zero-order valence-corrected chi connectivity index (χ0v) is 21.1. The number of hydrogen-bond donors (Lipinski definition) is 0. The zero-order valence-electron chi connectivity index (χ0n) is 21.1. The van der Waals surface area contributed by atoms with Crippen LogP contribution in [0.1, 0.15) is 43.9 Å². The maximum atomic E-state index is 15.4. The Labute approximate surface area is 209 Å². The predicted octanol–water partition coefficient (Wildman–Crippen LogP) is 4.67. The van der Waals surface area contributed by atoms with Gasteiger partial charge in [-0.15, -0.1) is 0 Å². The van der Waals surface area contributed by atoms with Gasteiger partial charge in [0.15, 0.2) is 6.29 Å². The summed E-state index contributed by atoms with van der Waals surface area (Å²) in [5, 5.41) is 0. The van der Waals surface area contributed by atoms with E-state index >= 15 is 4.39 Å². The molecule has 0 aliphatic carbocycles. The van der Waals surface area contributed by atoms with Crippen LogP contribution in [-0.4, -0.2) is 65.0 Å². The summed E-state index contributed by atoms with van der Waals surface area (Å²) in [4.78, 5) is 19.1. The highest BCUT2D eigenvalue weighted by molar-refractivity contribution is 5.69. The van der Waals surface area contributed by atoms with E-state index in [9.17, 15) is 4.79 Å². The van der Waals surface area contributed by atoms with E-state index in [1.54, 1.807) is 11.0 Å². The van der Waals surface area contributed by atoms with E-state index in [0.717, 1.165) is 16.9 Å². The monoisotopic (exact) mass is 497 g/mol. The molecule has 2 saturated heterocycles. The molecule has 0 bridgehead atoms. The number of nitrogens with zero attached hydrogens (tertiary/aromatic N) is 3. The number of amides is 1. The Morgan fingerprint density at radius 2 is 1.92 bits per heavy atom. The molecule has 2 aromatic heterocycles. The van der Waals surface area contributed by atoms with Gasteiger partial charge in [0.25, 0.3) is 0 Å². The van der Waals surface area contributed by atoms with Crippen molar-refractivity contribution in [2.24, 2.45) is 0 Å². The van der Waals surface area contributed by atoms with Crippen LogP contribution in [0.15, 0.2) is 36.5 Å². The van der Waals surface area contributed by atoms with Crippen LogP contribution in [-0.2, 0) is 25.4 Å². The molecule has 192 valence electrons. The molecule has 9 heteroatoms. The number of halogens is 1. The first-order chi connectivity index (χ1) is 17.2. The van der Waals surface area contributed by atoms with Crippen LogP contribution >= 0.6 is 0 Å². The van der Waals surface area contributed by atoms with Crippen molar-refractivity contribution in [3.63, 3.8) is 0 Å². The van der Waals surface area contributed by atoms with Gasteiger partial charge in [-0.3, -0.25) is 0 Å². The van der Waals surface area contributed by atoms with E-state index in [2.05, 4.69) is 0 Å².